The fourth-order valence-corrected chi connectivity index (χ4v) is 1.69. The molecule has 0 atom stereocenters. The van der Waals surface area contributed by atoms with Crippen molar-refractivity contribution in [1.29, 1.82) is 0 Å². The van der Waals surface area contributed by atoms with Crippen molar-refractivity contribution in [3.05, 3.63) is 52.8 Å². The number of aromatic nitrogens is 2. The molecule has 4 heteroatoms. The predicted molar refractivity (Wildman–Crippen MR) is 70.4 cm³/mol. The molecule has 1 aromatic heterocycles. The molecule has 0 fully saturated rings. The summed E-state index contributed by atoms with van der Waals surface area (Å²) in [6.45, 7) is 2.91. The minimum atomic E-state index is 0.550. The molecule has 2 rings (SSSR count). The number of anilines is 1. The van der Waals surface area contributed by atoms with Gasteiger partial charge in [-0.1, -0.05) is 41.4 Å². The van der Waals surface area contributed by atoms with E-state index in [-0.39, 0.29) is 0 Å². The maximum atomic E-state index is 5.71. The summed E-state index contributed by atoms with van der Waals surface area (Å²) in [6.07, 6.45) is 4.13. The summed E-state index contributed by atoms with van der Waals surface area (Å²) in [5.74, 6) is 0.613. The van der Waals surface area contributed by atoms with E-state index in [1.807, 2.05) is 0 Å². The van der Waals surface area contributed by atoms with Gasteiger partial charge in [0.15, 0.2) is 0 Å². The van der Waals surface area contributed by atoms with Gasteiger partial charge >= 0.3 is 0 Å². The first-order valence-electron chi connectivity index (χ1n) is 5.51. The molecule has 0 saturated heterocycles. The van der Waals surface area contributed by atoms with Gasteiger partial charge in [-0.25, -0.2) is 9.97 Å². The van der Waals surface area contributed by atoms with Gasteiger partial charge in [0.05, 0.1) is 17.4 Å². The van der Waals surface area contributed by atoms with Crippen molar-refractivity contribution >= 4 is 17.5 Å². The van der Waals surface area contributed by atoms with E-state index in [0.717, 1.165) is 13.0 Å². The van der Waals surface area contributed by atoms with Crippen molar-refractivity contribution in [2.75, 3.05) is 11.9 Å². The van der Waals surface area contributed by atoms with Crippen molar-refractivity contribution in [1.82, 2.24) is 9.97 Å². The molecule has 2 aromatic rings. The van der Waals surface area contributed by atoms with E-state index in [1.54, 1.807) is 12.4 Å². The van der Waals surface area contributed by atoms with Gasteiger partial charge in [-0.05, 0) is 18.9 Å². The lowest BCUT2D eigenvalue weighted by Crippen LogP contribution is -2.07. The van der Waals surface area contributed by atoms with Crippen molar-refractivity contribution in [3.8, 4) is 0 Å². The maximum Gasteiger partial charge on any atom is 0.222 e. The minimum absolute atomic E-state index is 0.550. The van der Waals surface area contributed by atoms with Crippen LogP contribution in [0.15, 0.2) is 36.7 Å². The van der Waals surface area contributed by atoms with Crippen LogP contribution in [-0.2, 0) is 6.42 Å². The molecule has 0 radical (unpaired) electrons. The van der Waals surface area contributed by atoms with Crippen LogP contribution >= 0.6 is 11.6 Å². The second-order valence-corrected chi connectivity index (χ2v) is 4.33. The van der Waals surface area contributed by atoms with Crippen LogP contribution < -0.4 is 5.32 Å². The van der Waals surface area contributed by atoms with E-state index < -0.39 is 0 Å². The number of nitrogens with zero attached hydrogens (tertiary/aromatic N) is 2. The Kier molecular flexibility index (Phi) is 3.94. The zero-order chi connectivity index (χ0) is 12.1. The van der Waals surface area contributed by atoms with E-state index in [9.17, 15) is 0 Å². The van der Waals surface area contributed by atoms with Gasteiger partial charge in [0.1, 0.15) is 0 Å². The van der Waals surface area contributed by atoms with Gasteiger partial charge in [0, 0.05) is 6.54 Å². The highest BCUT2D eigenvalue weighted by Crippen LogP contribution is 2.07. The van der Waals surface area contributed by atoms with Crippen LogP contribution in [0.3, 0.4) is 0 Å². The van der Waals surface area contributed by atoms with Gasteiger partial charge in [-0.15, -0.1) is 0 Å². The zero-order valence-electron chi connectivity index (χ0n) is 9.65. The number of hydrogen-bond acceptors (Lipinski definition) is 3. The van der Waals surface area contributed by atoms with Crippen LogP contribution in [0.1, 0.15) is 11.1 Å². The maximum absolute atomic E-state index is 5.71. The van der Waals surface area contributed by atoms with Gasteiger partial charge in [0.25, 0.3) is 0 Å². The molecule has 88 valence electrons. The molecule has 17 heavy (non-hydrogen) atoms. The number of benzene rings is 1. The van der Waals surface area contributed by atoms with Crippen LogP contribution in [0.25, 0.3) is 0 Å². The summed E-state index contributed by atoms with van der Waals surface area (Å²) < 4.78 is 0. The Bertz CT molecular complexity index is 482. The van der Waals surface area contributed by atoms with Gasteiger partial charge in [0.2, 0.25) is 5.95 Å². The van der Waals surface area contributed by atoms with Crippen molar-refractivity contribution in [2.45, 2.75) is 13.3 Å². The summed E-state index contributed by atoms with van der Waals surface area (Å²) in [5, 5.41) is 3.71. The fraction of sp³-hybridized carbons (Fsp3) is 0.231. The van der Waals surface area contributed by atoms with E-state index in [4.69, 9.17) is 11.6 Å². The molecule has 0 spiro atoms. The number of hydrogen-bond donors (Lipinski definition) is 1. The molecule has 0 aliphatic rings. The van der Waals surface area contributed by atoms with Crippen molar-refractivity contribution in [3.63, 3.8) is 0 Å². The SMILES string of the molecule is Cc1cccc(CCNc2ncc(Cl)cn2)c1. The average molecular weight is 248 g/mol. The third-order valence-electron chi connectivity index (χ3n) is 2.40. The molecule has 1 N–H and O–H groups in total. The molecule has 3 nitrogen and oxygen atoms in total. The third-order valence-corrected chi connectivity index (χ3v) is 2.59. The number of halogens is 1. The summed E-state index contributed by atoms with van der Waals surface area (Å²) >= 11 is 5.71. The highest BCUT2D eigenvalue weighted by atomic mass is 35.5. The first-order chi connectivity index (χ1) is 8.24. The van der Waals surface area contributed by atoms with E-state index in [0.29, 0.717) is 11.0 Å². The normalized spacial score (nSPS) is 10.2. The molecule has 0 unspecified atom stereocenters. The largest absolute Gasteiger partial charge is 0.354 e. The Hall–Kier alpha value is -1.61. The first-order valence-corrected chi connectivity index (χ1v) is 5.89. The van der Waals surface area contributed by atoms with Crippen LogP contribution in [0.4, 0.5) is 5.95 Å². The molecule has 0 bridgehead atoms. The second kappa shape index (κ2) is 5.64. The molecule has 1 aromatic carbocycles. The summed E-state index contributed by atoms with van der Waals surface area (Å²) in [7, 11) is 0. The monoisotopic (exact) mass is 247 g/mol. The van der Waals surface area contributed by atoms with E-state index in [2.05, 4.69) is 46.5 Å². The summed E-state index contributed by atoms with van der Waals surface area (Å²) in [6, 6.07) is 8.48. The Morgan fingerprint density at radius 1 is 1.24 bits per heavy atom. The average Bonchev–Trinajstić information content (AvgIpc) is 2.32. The van der Waals surface area contributed by atoms with Gasteiger partial charge in [-0.3, -0.25) is 0 Å². The topological polar surface area (TPSA) is 37.8 Å². The van der Waals surface area contributed by atoms with Gasteiger partial charge < -0.3 is 5.32 Å². The first kappa shape index (κ1) is 11.9. The Balaban J connectivity index is 1.85. The molecular formula is C13H14ClN3. The van der Waals surface area contributed by atoms with Crippen LogP contribution in [0.5, 0.6) is 0 Å². The van der Waals surface area contributed by atoms with Gasteiger partial charge in [-0.2, -0.15) is 0 Å². The minimum Gasteiger partial charge on any atom is -0.354 e. The zero-order valence-corrected chi connectivity index (χ0v) is 10.4. The lowest BCUT2D eigenvalue weighted by molar-refractivity contribution is 0.982. The summed E-state index contributed by atoms with van der Waals surface area (Å²) in [5.41, 5.74) is 2.59. The van der Waals surface area contributed by atoms with E-state index >= 15 is 0 Å². The number of nitrogens with one attached hydrogen (secondary N) is 1. The van der Waals surface area contributed by atoms with Crippen LogP contribution in [-0.4, -0.2) is 16.5 Å². The number of aryl methyl sites for hydroxylation is 1. The molecule has 0 aliphatic carbocycles. The molecule has 0 aliphatic heterocycles. The van der Waals surface area contributed by atoms with Crippen molar-refractivity contribution < 1.29 is 0 Å². The third kappa shape index (κ3) is 3.71. The van der Waals surface area contributed by atoms with Crippen LogP contribution in [0, 0.1) is 6.92 Å². The summed E-state index contributed by atoms with van der Waals surface area (Å²) in [4.78, 5) is 8.15. The smallest absolute Gasteiger partial charge is 0.222 e. The fourth-order valence-electron chi connectivity index (χ4n) is 1.59. The molecular weight excluding hydrogens is 234 g/mol. The Morgan fingerprint density at radius 2 is 2.00 bits per heavy atom. The predicted octanol–water partition coefficient (Wildman–Crippen LogP) is 3.09. The standard InChI is InChI=1S/C13H14ClN3/c1-10-3-2-4-11(7-10)5-6-15-13-16-8-12(14)9-17-13/h2-4,7-9H,5-6H2,1H3,(H,15,16,17). The Labute approximate surface area is 106 Å². The highest BCUT2D eigenvalue weighted by Gasteiger charge is 1.96. The number of rotatable bonds is 4. The Morgan fingerprint density at radius 3 is 2.71 bits per heavy atom. The quantitative estimate of drug-likeness (QED) is 0.902. The van der Waals surface area contributed by atoms with Crippen molar-refractivity contribution in [2.24, 2.45) is 0 Å². The highest BCUT2D eigenvalue weighted by molar-refractivity contribution is 6.30. The van der Waals surface area contributed by atoms with Crippen LogP contribution in [0.2, 0.25) is 5.02 Å². The second-order valence-electron chi connectivity index (χ2n) is 3.89. The lowest BCUT2D eigenvalue weighted by Gasteiger charge is -2.05. The molecule has 0 saturated carbocycles. The molecule has 0 amide bonds. The molecule has 1 heterocycles. The lowest BCUT2D eigenvalue weighted by atomic mass is 10.1. The van der Waals surface area contributed by atoms with E-state index in [1.165, 1.54) is 11.1 Å².